The molecular formula is C39H37FNNaO7. The van der Waals surface area contributed by atoms with Crippen LogP contribution in [0.1, 0.15) is 71.6 Å². The first kappa shape index (κ1) is 36.4. The second kappa shape index (κ2) is 16.7. The number of carboxylic acids is 1. The Hall–Kier alpha value is -3.86. The van der Waals surface area contributed by atoms with E-state index in [4.69, 9.17) is 14.5 Å². The minimum atomic E-state index is -1.37. The Morgan fingerprint density at radius 3 is 2.29 bits per heavy atom. The number of pyridine rings is 1. The first-order valence-electron chi connectivity index (χ1n) is 16.3. The van der Waals surface area contributed by atoms with E-state index in [-0.39, 0.29) is 53.5 Å². The number of carboxylic acid groups (broad SMARTS) is 1. The third-order valence-corrected chi connectivity index (χ3v) is 8.61. The van der Waals surface area contributed by atoms with E-state index in [1.165, 1.54) is 12.1 Å². The van der Waals surface area contributed by atoms with Gasteiger partial charge in [-0.1, -0.05) is 48.6 Å². The van der Waals surface area contributed by atoms with Crippen molar-refractivity contribution in [1.82, 2.24) is 4.98 Å². The number of halogens is 1. The van der Waals surface area contributed by atoms with Crippen molar-refractivity contribution < 1.29 is 68.3 Å². The largest absolute Gasteiger partial charge is 1.00 e. The van der Waals surface area contributed by atoms with E-state index in [1.807, 2.05) is 48.5 Å². The van der Waals surface area contributed by atoms with Crippen molar-refractivity contribution in [3.63, 3.8) is 0 Å². The number of carbonyl (C=O) groups is 2. The summed E-state index contributed by atoms with van der Waals surface area (Å²) >= 11 is 0. The van der Waals surface area contributed by atoms with Crippen molar-refractivity contribution in [3.8, 4) is 33.9 Å². The quantitative estimate of drug-likeness (QED) is 0.274. The molecular weight excluding hydrogens is 636 g/mol. The van der Waals surface area contributed by atoms with Gasteiger partial charge in [-0.25, -0.2) is 4.39 Å². The molecule has 0 bridgehead atoms. The second-order valence-electron chi connectivity index (χ2n) is 12.3. The molecule has 7 rings (SSSR count). The molecule has 4 aromatic rings. The zero-order valence-electron chi connectivity index (χ0n) is 27.4. The maximum atomic E-state index is 13.8. The summed E-state index contributed by atoms with van der Waals surface area (Å²) in [4.78, 5) is 27.3. The van der Waals surface area contributed by atoms with E-state index in [1.54, 1.807) is 24.3 Å². The zero-order chi connectivity index (χ0) is 33.6. The standard InChI is InChI=1S/C29H28FNO5.C10H10O2.Na/c30-19-9-7-17(8-10-19)27-23(12-11-20(32)15-21(33)16-26(34)35)28(18-5-6-18)31-29-22-3-1-2-4-25(22)36-14-13-24(27)29;11-9-5-3-7-12-10-6-2-1-4-8(9)10;/h1-4,7-12,18,20-21,32-33H,5-6,13-16H2,(H,34,35);1-2,4,6H,3,5,7H2;/q;;+1/p-1/b12-11+;;/t20-,21-;;/m1../s1. The molecule has 1 aliphatic carbocycles. The van der Waals surface area contributed by atoms with Crippen LogP contribution in [-0.2, 0) is 11.2 Å². The molecule has 0 saturated heterocycles. The predicted molar refractivity (Wildman–Crippen MR) is 177 cm³/mol. The maximum absolute atomic E-state index is 13.8. The van der Waals surface area contributed by atoms with Gasteiger partial charge in [-0.2, -0.15) is 0 Å². The van der Waals surface area contributed by atoms with Gasteiger partial charge in [0.15, 0.2) is 5.78 Å². The van der Waals surface area contributed by atoms with Gasteiger partial charge < -0.3 is 29.6 Å². The molecule has 3 heterocycles. The van der Waals surface area contributed by atoms with Crippen LogP contribution < -0.4 is 44.1 Å². The number of aliphatic hydroxyl groups excluding tert-OH is 2. The van der Waals surface area contributed by atoms with Crippen molar-refractivity contribution in [2.24, 2.45) is 0 Å². The number of ketones is 1. The Morgan fingerprint density at radius 2 is 1.59 bits per heavy atom. The summed E-state index contributed by atoms with van der Waals surface area (Å²) in [5.74, 6) is 0.278. The first-order chi connectivity index (χ1) is 23.3. The number of ether oxygens (including phenoxy) is 2. The smallest absolute Gasteiger partial charge is 0.550 e. The average Bonchev–Trinajstić information content (AvgIpc) is 3.94. The van der Waals surface area contributed by atoms with E-state index >= 15 is 0 Å². The van der Waals surface area contributed by atoms with Gasteiger partial charge in [-0.15, -0.1) is 0 Å². The number of hydrogen-bond acceptors (Lipinski definition) is 8. The van der Waals surface area contributed by atoms with E-state index < -0.39 is 24.6 Å². The minimum absolute atomic E-state index is 0. The molecule has 1 saturated carbocycles. The minimum Gasteiger partial charge on any atom is -0.550 e. The Bertz CT molecular complexity index is 1820. The fourth-order valence-electron chi connectivity index (χ4n) is 6.17. The van der Waals surface area contributed by atoms with Crippen molar-refractivity contribution >= 4 is 17.8 Å². The summed E-state index contributed by atoms with van der Waals surface area (Å²) < 4.78 is 25.3. The summed E-state index contributed by atoms with van der Waals surface area (Å²) in [6.45, 7) is 1.12. The maximum Gasteiger partial charge on any atom is 1.00 e. The molecule has 8 nitrogen and oxygen atoms in total. The predicted octanol–water partition coefficient (Wildman–Crippen LogP) is 2.68. The molecule has 10 heteroatoms. The molecule has 2 N–H and O–H groups in total. The summed E-state index contributed by atoms with van der Waals surface area (Å²) in [5, 5.41) is 31.2. The Kier molecular flexibility index (Phi) is 12.4. The van der Waals surface area contributed by atoms with Crippen LogP contribution in [0.3, 0.4) is 0 Å². The Balaban J connectivity index is 0.000000303. The summed E-state index contributed by atoms with van der Waals surface area (Å²) in [6, 6.07) is 21.6. The number of fused-ring (bicyclic) bond motifs is 4. The summed E-state index contributed by atoms with van der Waals surface area (Å²) in [7, 11) is 0. The Morgan fingerprint density at radius 1 is 0.939 bits per heavy atom. The topological polar surface area (TPSA) is 129 Å². The fraction of sp³-hybridized carbons (Fsp3) is 0.308. The van der Waals surface area contributed by atoms with Crippen molar-refractivity contribution in [1.29, 1.82) is 0 Å². The van der Waals surface area contributed by atoms with Crippen molar-refractivity contribution in [2.45, 2.75) is 63.1 Å². The number of aliphatic carboxylic acids is 1. The van der Waals surface area contributed by atoms with Gasteiger partial charge in [-0.05, 0) is 72.4 Å². The normalized spacial score (nSPS) is 16.1. The number of aliphatic hydroxyl groups is 2. The van der Waals surface area contributed by atoms with Crippen LogP contribution in [0.15, 0.2) is 78.9 Å². The van der Waals surface area contributed by atoms with Crippen LogP contribution in [0.4, 0.5) is 4.39 Å². The van der Waals surface area contributed by atoms with Crippen LogP contribution >= 0.6 is 0 Å². The molecule has 2 aliphatic heterocycles. The third kappa shape index (κ3) is 9.04. The van der Waals surface area contributed by atoms with E-state index in [0.717, 1.165) is 75.5 Å². The van der Waals surface area contributed by atoms with Gasteiger partial charge in [0, 0.05) is 48.7 Å². The van der Waals surface area contributed by atoms with Crippen LogP contribution in [0, 0.1) is 5.82 Å². The van der Waals surface area contributed by atoms with Gasteiger partial charge >= 0.3 is 29.6 Å². The van der Waals surface area contributed by atoms with Crippen molar-refractivity contribution in [3.05, 3.63) is 107 Å². The number of aromatic nitrogens is 1. The SMILES string of the molecule is O=C([O-])C[C@H](O)C[C@H](O)/C=C/c1c(C2CC2)nc2c(c1-c1ccc(F)cc1)CCOc1ccccc1-2.O=C1CCCOc2ccccc21.[Na+]. The molecule has 3 aliphatic rings. The van der Waals surface area contributed by atoms with Crippen molar-refractivity contribution in [2.75, 3.05) is 13.2 Å². The molecule has 1 fully saturated rings. The average molecular weight is 674 g/mol. The number of benzene rings is 3. The molecule has 0 radical (unpaired) electrons. The molecule has 49 heavy (non-hydrogen) atoms. The van der Waals surface area contributed by atoms with Gasteiger partial charge in [0.2, 0.25) is 0 Å². The van der Waals surface area contributed by atoms with Gasteiger partial charge in [0.25, 0.3) is 0 Å². The summed E-state index contributed by atoms with van der Waals surface area (Å²) in [6.07, 6.45) is 4.44. The molecule has 0 amide bonds. The van der Waals surface area contributed by atoms with E-state index in [2.05, 4.69) is 0 Å². The molecule has 3 aromatic carbocycles. The number of carbonyl (C=O) groups excluding carboxylic acids is 2. The van der Waals surface area contributed by atoms with Crippen LogP contribution in [0.2, 0.25) is 0 Å². The van der Waals surface area contributed by atoms with Gasteiger partial charge in [0.1, 0.15) is 17.3 Å². The van der Waals surface area contributed by atoms with Crippen LogP contribution in [0.5, 0.6) is 11.5 Å². The van der Waals surface area contributed by atoms with Gasteiger partial charge in [-0.3, -0.25) is 9.78 Å². The van der Waals surface area contributed by atoms with Crippen LogP contribution in [0.25, 0.3) is 28.5 Å². The number of nitrogens with zero attached hydrogens (tertiary/aromatic N) is 1. The number of para-hydroxylation sites is 2. The second-order valence-corrected chi connectivity index (χ2v) is 12.3. The summed E-state index contributed by atoms with van der Waals surface area (Å²) in [5.41, 5.74) is 6.99. The number of Topliss-reactive ketones (excluding diaryl/α,β-unsaturated/α-hetero) is 1. The number of rotatable bonds is 8. The van der Waals surface area contributed by atoms with E-state index in [9.17, 15) is 29.3 Å². The molecule has 1 aromatic heterocycles. The first-order valence-corrected chi connectivity index (χ1v) is 16.3. The third-order valence-electron chi connectivity index (χ3n) is 8.61. The monoisotopic (exact) mass is 673 g/mol. The Labute approximate surface area is 306 Å². The molecule has 0 spiro atoms. The van der Waals surface area contributed by atoms with Gasteiger partial charge in [0.05, 0.1) is 42.4 Å². The number of hydrogen-bond donors (Lipinski definition) is 2. The van der Waals surface area contributed by atoms with E-state index in [0.29, 0.717) is 26.1 Å². The zero-order valence-corrected chi connectivity index (χ0v) is 29.4. The molecule has 2 atom stereocenters. The molecule has 0 unspecified atom stereocenters. The molecule has 248 valence electrons. The van der Waals surface area contributed by atoms with Crippen LogP contribution in [-0.4, -0.2) is 52.4 Å². The fourth-order valence-corrected chi connectivity index (χ4v) is 6.17.